The minimum Gasteiger partial charge on any atom is -0.313 e. The largest absolute Gasteiger partial charge is 0.313 e. The zero-order valence-corrected chi connectivity index (χ0v) is 9.66. The van der Waals surface area contributed by atoms with E-state index in [4.69, 9.17) is 0 Å². The van der Waals surface area contributed by atoms with Crippen molar-refractivity contribution in [1.82, 2.24) is 4.90 Å². The van der Waals surface area contributed by atoms with E-state index in [0.29, 0.717) is 0 Å². The predicted octanol–water partition coefficient (Wildman–Crippen LogP) is 3.14. The maximum Gasteiger partial charge on any atom is 0.250 e. The third-order valence-corrected chi connectivity index (χ3v) is 1.37. The molecular formula is C12H21NO. The Hall–Kier alpha value is -1.31. The third-order valence-electron chi connectivity index (χ3n) is 1.37. The van der Waals surface area contributed by atoms with Gasteiger partial charge < -0.3 is 4.90 Å². The van der Waals surface area contributed by atoms with Crippen molar-refractivity contribution in [3.63, 3.8) is 0 Å². The topological polar surface area (TPSA) is 20.3 Å². The first-order chi connectivity index (χ1) is 6.63. The van der Waals surface area contributed by atoms with Crippen LogP contribution in [0.2, 0.25) is 0 Å². The standard InChI is InChI=1S/C10H15NO.C2H6/c1-5-7-8-11(9(3)4)10(12)6-2;1-2/h5-9H,1-2H2,3-4H3;1-2H3/b8-7-;. The second-order valence-corrected chi connectivity index (χ2v) is 2.62. The van der Waals surface area contributed by atoms with E-state index in [-0.39, 0.29) is 11.9 Å². The summed E-state index contributed by atoms with van der Waals surface area (Å²) < 4.78 is 0. The van der Waals surface area contributed by atoms with E-state index in [1.54, 1.807) is 23.3 Å². The molecule has 0 radical (unpaired) electrons. The summed E-state index contributed by atoms with van der Waals surface area (Å²) in [5.74, 6) is -0.0944. The lowest BCUT2D eigenvalue weighted by atomic mass is 10.3. The number of amides is 1. The Morgan fingerprint density at radius 2 is 1.79 bits per heavy atom. The van der Waals surface area contributed by atoms with Gasteiger partial charge in [0, 0.05) is 12.2 Å². The smallest absolute Gasteiger partial charge is 0.250 e. The summed E-state index contributed by atoms with van der Waals surface area (Å²) in [4.78, 5) is 12.8. The van der Waals surface area contributed by atoms with Crippen LogP contribution in [0.25, 0.3) is 0 Å². The summed E-state index contributed by atoms with van der Waals surface area (Å²) in [7, 11) is 0. The van der Waals surface area contributed by atoms with Crippen LogP contribution in [0, 0.1) is 0 Å². The summed E-state index contributed by atoms with van der Waals surface area (Å²) in [5.41, 5.74) is 0. The lowest BCUT2D eigenvalue weighted by molar-refractivity contribution is -0.124. The number of hydrogen-bond acceptors (Lipinski definition) is 1. The van der Waals surface area contributed by atoms with E-state index in [1.807, 2.05) is 27.7 Å². The highest BCUT2D eigenvalue weighted by Gasteiger charge is 2.09. The summed E-state index contributed by atoms with van der Waals surface area (Å²) >= 11 is 0. The van der Waals surface area contributed by atoms with E-state index >= 15 is 0 Å². The zero-order valence-electron chi connectivity index (χ0n) is 9.66. The minimum absolute atomic E-state index is 0.0944. The Morgan fingerprint density at radius 1 is 1.29 bits per heavy atom. The second kappa shape index (κ2) is 9.78. The monoisotopic (exact) mass is 195 g/mol. The van der Waals surface area contributed by atoms with Crippen molar-refractivity contribution in [3.8, 4) is 0 Å². The van der Waals surface area contributed by atoms with Gasteiger partial charge in [-0.15, -0.1) is 0 Å². The van der Waals surface area contributed by atoms with Crippen LogP contribution in [0.4, 0.5) is 0 Å². The molecule has 0 saturated heterocycles. The molecule has 0 aromatic carbocycles. The molecule has 0 spiro atoms. The van der Waals surface area contributed by atoms with Crippen molar-refractivity contribution in [2.75, 3.05) is 0 Å². The molecule has 0 bridgehead atoms. The number of allylic oxidation sites excluding steroid dienone is 2. The highest BCUT2D eigenvalue weighted by atomic mass is 16.2. The van der Waals surface area contributed by atoms with Gasteiger partial charge in [-0.1, -0.05) is 33.1 Å². The molecule has 0 heterocycles. The van der Waals surface area contributed by atoms with Crippen LogP contribution < -0.4 is 0 Å². The Balaban J connectivity index is 0. The van der Waals surface area contributed by atoms with Crippen LogP contribution in [0.3, 0.4) is 0 Å². The SMILES string of the molecule is C=C/C=C\N(C(=O)C=C)C(C)C.CC. The van der Waals surface area contributed by atoms with Crippen LogP contribution in [0.5, 0.6) is 0 Å². The molecule has 0 aliphatic carbocycles. The van der Waals surface area contributed by atoms with Crippen LogP contribution in [-0.4, -0.2) is 16.8 Å². The Kier molecular flexibility index (Phi) is 10.6. The average molecular weight is 195 g/mol. The molecule has 0 saturated carbocycles. The molecule has 2 heteroatoms. The molecule has 0 aliphatic heterocycles. The van der Waals surface area contributed by atoms with Gasteiger partial charge >= 0.3 is 0 Å². The third kappa shape index (κ3) is 6.23. The summed E-state index contributed by atoms with van der Waals surface area (Å²) in [6.07, 6.45) is 6.35. The molecule has 0 unspecified atom stereocenters. The molecule has 0 aromatic rings. The lowest BCUT2D eigenvalue weighted by Gasteiger charge is -2.20. The highest BCUT2D eigenvalue weighted by Crippen LogP contribution is 2.00. The van der Waals surface area contributed by atoms with E-state index < -0.39 is 0 Å². The number of rotatable bonds is 4. The highest BCUT2D eigenvalue weighted by molar-refractivity contribution is 5.88. The zero-order chi connectivity index (χ0) is 11.6. The fourth-order valence-corrected chi connectivity index (χ4v) is 0.759. The summed E-state index contributed by atoms with van der Waals surface area (Å²) in [6.45, 7) is 14.8. The van der Waals surface area contributed by atoms with E-state index in [1.165, 1.54) is 6.08 Å². The molecular weight excluding hydrogens is 174 g/mol. The van der Waals surface area contributed by atoms with Crippen LogP contribution in [0.15, 0.2) is 37.6 Å². The first-order valence-electron chi connectivity index (χ1n) is 4.87. The molecule has 2 nitrogen and oxygen atoms in total. The number of hydrogen-bond donors (Lipinski definition) is 0. The van der Waals surface area contributed by atoms with Crippen molar-refractivity contribution in [1.29, 1.82) is 0 Å². The molecule has 0 rings (SSSR count). The van der Waals surface area contributed by atoms with Gasteiger partial charge in [0.25, 0.3) is 0 Å². The minimum atomic E-state index is -0.0944. The first kappa shape index (κ1) is 15.2. The molecule has 80 valence electrons. The van der Waals surface area contributed by atoms with Gasteiger partial charge in [-0.3, -0.25) is 4.79 Å². The van der Waals surface area contributed by atoms with Crippen molar-refractivity contribution in [3.05, 3.63) is 37.6 Å². The van der Waals surface area contributed by atoms with E-state index in [0.717, 1.165) is 0 Å². The van der Waals surface area contributed by atoms with Crippen molar-refractivity contribution in [2.24, 2.45) is 0 Å². The van der Waals surface area contributed by atoms with Crippen molar-refractivity contribution < 1.29 is 4.79 Å². The molecule has 14 heavy (non-hydrogen) atoms. The van der Waals surface area contributed by atoms with Crippen molar-refractivity contribution >= 4 is 5.91 Å². The van der Waals surface area contributed by atoms with Gasteiger partial charge in [-0.25, -0.2) is 0 Å². The number of nitrogens with zero attached hydrogens (tertiary/aromatic N) is 1. The van der Waals surface area contributed by atoms with Gasteiger partial charge in [0.05, 0.1) is 0 Å². The average Bonchev–Trinajstić information content (AvgIpc) is 2.20. The van der Waals surface area contributed by atoms with Crippen LogP contribution >= 0.6 is 0 Å². The Bertz CT molecular complexity index is 204. The van der Waals surface area contributed by atoms with Crippen LogP contribution in [0.1, 0.15) is 27.7 Å². The van der Waals surface area contributed by atoms with Gasteiger partial charge in [0.2, 0.25) is 5.91 Å². The molecule has 0 fully saturated rings. The first-order valence-corrected chi connectivity index (χ1v) is 4.87. The van der Waals surface area contributed by atoms with Gasteiger partial charge in [0.1, 0.15) is 0 Å². The second-order valence-electron chi connectivity index (χ2n) is 2.62. The maximum atomic E-state index is 11.2. The summed E-state index contributed by atoms with van der Waals surface area (Å²) in [5, 5.41) is 0. The Morgan fingerprint density at radius 3 is 2.07 bits per heavy atom. The van der Waals surface area contributed by atoms with Gasteiger partial charge in [-0.2, -0.15) is 0 Å². The normalized spacial score (nSPS) is 9.21. The maximum absolute atomic E-state index is 11.2. The fourth-order valence-electron chi connectivity index (χ4n) is 0.759. The predicted molar refractivity (Wildman–Crippen MR) is 62.9 cm³/mol. The number of carbonyl (C=O) groups is 1. The molecule has 0 atom stereocenters. The molecule has 0 aliphatic rings. The number of carbonyl (C=O) groups excluding carboxylic acids is 1. The fraction of sp³-hybridized carbons (Fsp3) is 0.417. The molecule has 0 N–H and O–H groups in total. The molecule has 1 amide bonds. The molecule has 0 aromatic heterocycles. The van der Waals surface area contributed by atoms with Gasteiger partial charge in [0.15, 0.2) is 0 Å². The quantitative estimate of drug-likeness (QED) is 0.498. The lowest BCUT2D eigenvalue weighted by Crippen LogP contribution is -2.30. The Labute approximate surface area is 87.6 Å². The van der Waals surface area contributed by atoms with Crippen LogP contribution in [-0.2, 0) is 4.79 Å². The summed E-state index contributed by atoms with van der Waals surface area (Å²) in [6, 6.07) is 0.145. The van der Waals surface area contributed by atoms with E-state index in [9.17, 15) is 4.79 Å². The van der Waals surface area contributed by atoms with Gasteiger partial charge in [-0.05, 0) is 26.0 Å². The van der Waals surface area contributed by atoms with E-state index in [2.05, 4.69) is 13.2 Å². The van der Waals surface area contributed by atoms with Crippen molar-refractivity contribution in [2.45, 2.75) is 33.7 Å².